The van der Waals surface area contributed by atoms with Crippen molar-refractivity contribution in [1.29, 1.82) is 0 Å². The largest absolute Gasteiger partial charge is 0.491 e. The molecule has 8 heteroatoms. The number of rotatable bonds is 5. The van der Waals surface area contributed by atoms with Gasteiger partial charge < -0.3 is 24.6 Å². The monoisotopic (exact) mass is 447 g/mol. The van der Waals surface area contributed by atoms with Gasteiger partial charge in [-0.2, -0.15) is 0 Å². The third-order valence-electron chi connectivity index (χ3n) is 5.83. The van der Waals surface area contributed by atoms with Gasteiger partial charge >= 0.3 is 0 Å². The Morgan fingerprint density at radius 1 is 1.22 bits per heavy atom. The fourth-order valence-electron chi connectivity index (χ4n) is 3.85. The molecule has 0 aliphatic carbocycles. The van der Waals surface area contributed by atoms with Gasteiger partial charge in [0, 0.05) is 57.8 Å². The molecule has 178 valence electrons. The van der Waals surface area contributed by atoms with Gasteiger partial charge in [0.05, 0.1) is 17.7 Å². The van der Waals surface area contributed by atoms with Crippen LogP contribution in [0.25, 0.3) is 0 Å². The highest BCUT2D eigenvalue weighted by atomic mass is 16.5. The molecule has 0 aromatic heterocycles. The van der Waals surface area contributed by atoms with E-state index < -0.39 is 0 Å². The summed E-state index contributed by atoms with van der Waals surface area (Å²) in [6.07, 6.45) is 1.34. The molecule has 0 fully saturated rings. The van der Waals surface area contributed by atoms with Crippen LogP contribution in [0.3, 0.4) is 0 Å². The van der Waals surface area contributed by atoms with E-state index in [1.54, 1.807) is 37.3 Å². The fourth-order valence-corrected chi connectivity index (χ4v) is 3.85. The van der Waals surface area contributed by atoms with Crippen LogP contribution in [-0.4, -0.2) is 73.5 Å². The quantitative estimate of drug-likeness (QED) is 0.749. The first-order valence-corrected chi connectivity index (χ1v) is 11.4. The van der Waals surface area contributed by atoms with Crippen molar-refractivity contribution in [2.45, 2.75) is 59.1 Å². The van der Waals surface area contributed by atoms with Gasteiger partial charge in [0.15, 0.2) is 0 Å². The van der Waals surface area contributed by atoms with Crippen LogP contribution < -0.4 is 10.1 Å². The molecule has 2 rings (SSSR count). The van der Waals surface area contributed by atoms with Crippen molar-refractivity contribution in [2.24, 2.45) is 5.92 Å². The van der Waals surface area contributed by atoms with Crippen LogP contribution in [0.5, 0.6) is 5.75 Å². The number of anilines is 1. The number of hydrogen-bond acceptors (Lipinski definition) is 5. The summed E-state index contributed by atoms with van der Waals surface area (Å²) in [4.78, 5) is 41.3. The van der Waals surface area contributed by atoms with E-state index in [-0.39, 0.29) is 42.4 Å². The Morgan fingerprint density at radius 2 is 1.94 bits per heavy atom. The van der Waals surface area contributed by atoms with Crippen molar-refractivity contribution in [1.82, 2.24) is 9.80 Å². The molecule has 3 atom stereocenters. The van der Waals surface area contributed by atoms with Gasteiger partial charge in [0.2, 0.25) is 11.8 Å². The highest BCUT2D eigenvalue weighted by molar-refractivity contribution is 5.98. The van der Waals surface area contributed by atoms with Crippen molar-refractivity contribution < 1.29 is 23.9 Å². The minimum absolute atomic E-state index is 0.0308. The molecule has 0 saturated carbocycles. The van der Waals surface area contributed by atoms with E-state index in [0.717, 1.165) is 6.42 Å². The number of likely N-dealkylation sites (N-methyl/N-ethyl adjacent to an activating group) is 1. The molecule has 8 nitrogen and oxygen atoms in total. The number of nitrogens with one attached hydrogen (secondary N) is 1. The number of nitrogens with zero attached hydrogens (tertiary/aromatic N) is 2. The van der Waals surface area contributed by atoms with Gasteiger partial charge in [0.25, 0.3) is 5.91 Å². The molecule has 0 saturated heterocycles. The summed E-state index contributed by atoms with van der Waals surface area (Å²) in [5, 5.41) is 2.85. The number of fused-ring (bicyclic) bond motifs is 1. The minimum atomic E-state index is -0.222. The molecule has 1 aromatic rings. The van der Waals surface area contributed by atoms with Crippen LogP contribution >= 0.6 is 0 Å². The number of carbonyl (C=O) groups excluding carboxylic acids is 3. The number of hydrogen-bond donors (Lipinski definition) is 1. The number of benzene rings is 1. The summed E-state index contributed by atoms with van der Waals surface area (Å²) >= 11 is 0. The first-order chi connectivity index (χ1) is 15.2. The third kappa shape index (κ3) is 6.45. The summed E-state index contributed by atoms with van der Waals surface area (Å²) in [5.74, 6) is 0.187. The highest BCUT2D eigenvalue weighted by Crippen LogP contribution is 2.27. The second-order valence-corrected chi connectivity index (χ2v) is 8.51. The Labute approximate surface area is 191 Å². The molecule has 0 unspecified atom stereocenters. The lowest BCUT2D eigenvalue weighted by molar-refractivity contribution is -0.135. The molecule has 3 amide bonds. The summed E-state index contributed by atoms with van der Waals surface area (Å²) in [5.41, 5.74) is 0.979. The number of methoxy groups -OCH3 is 1. The third-order valence-corrected chi connectivity index (χ3v) is 5.83. The number of carbonyl (C=O) groups is 3. The van der Waals surface area contributed by atoms with Crippen molar-refractivity contribution in [3.05, 3.63) is 23.8 Å². The molecule has 32 heavy (non-hydrogen) atoms. The number of ether oxygens (including phenoxy) is 2. The van der Waals surface area contributed by atoms with E-state index in [9.17, 15) is 14.4 Å². The predicted molar refractivity (Wildman–Crippen MR) is 124 cm³/mol. The first kappa shape index (κ1) is 25.6. The Kier molecular flexibility index (Phi) is 9.50. The van der Waals surface area contributed by atoms with Crippen LogP contribution in [0, 0.1) is 5.92 Å². The molecule has 1 heterocycles. The Bertz CT molecular complexity index is 813. The molecule has 0 radical (unpaired) electrons. The Hall–Kier alpha value is -2.61. The van der Waals surface area contributed by atoms with Gasteiger partial charge in [-0.1, -0.05) is 20.8 Å². The van der Waals surface area contributed by atoms with Crippen molar-refractivity contribution in [2.75, 3.05) is 39.2 Å². The lowest BCUT2D eigenvalue weighted by Gasteiger charge is -2.36. The van der Waals surface area contributed by atoms with Crippen LogP contribution in [0.15, 0.2) is 18.2 Å². The average molecular weight is 448 g/mol. The van der Waals surface area contributed by atoms with Gasteiger partial charge in [-0.3, -0.25) is 14.4 Å². The van der Waals surface area contributed by atoms with E-state index in [2.05, 4.69) is 5.32 Å². The normalized spacial score (nSPS) is 22.3. The smallest absolute Gasteiger partial charge is 0.257 e. The fraction of sp³-hybridized carbons (Fsp3) is 0.625. The zero-order valence-corrected chi connectivity index (χ0v) is 20.1. The highest BCUT2D eigenvalue weighted by Gasteiger charge is 2.29. The lowest BCUT2D eigenvalue weighted by Crippen LogP contribution is -2.48. The lowest BCUT2D eigenvalue weighted by atomic mass is 10.0. The van der Waals surface area contributed by atoms with E-state index in [1.165, 1.54) is 0 Å². The average Bonchev–Trinajstić information content (AvgIpc) is 2.77. The molecule has 1 aliphatic heterocycles. The number of amides is 3. The maximum absolute atomic E-state index is 13.2. The predicted octanol–water partition coefficient (Wildman–Crippen LogP) is 3.17. The summed E-state index contributed by atoms with van der Waals surface area (Å²) in [7, 11) is 3.36. The van der Waals surface area contributed by atoms with E-state index >= 15 is 0 Å². The molecular formula is C24H37N3O5. The maximum atomic E-state index is 13.2. The minimum Gasteiger partial charge on any atom is -0.491 e. The van der Waals surface area contributed by atoms with Crippen LogP contribution in [0.4, 0.5) is 5.69 Å². The maximum Gasteiger partial charge on any atom is 0.257 e. The van der Waals surface area contributed by atoms with Gasteiger partial charge in [-0.15, -0.1) is 0 Å². The second-order valence-electron chi connectivity index (χ2n) is 8.51. The van der Waals surface area contributed by atoms with E-state index in [4.69, 9.17) is 9.47 Å². The standard InChI is InChI=1S/C24H37N3O5/c1-7-9-22(28)25-18-10-11-19-20(12-18)32-15-17(4)27(23(29)8-2)13-16(3)21(31-6)14-26(5)24(19)30/h10-12,16-17,21H,7-9,13-15H2,1-6H3,(H,25,28)/t16-,17-,21-/m1/s1. The zero-order chi connectivity index (χ0) is 23.8. The van der Waals surface area contributed by atoms with E-state index in [0.29, 0.717) is 42.9 Å². The van der Waals surface area contributed by atoms with Gasteiger partial charge in [-0.25, -0.2) is 0 Å². The SMILES string of the molecule is CCCC(=O)Nc1ccc2c(c1)OC[C@@H](C)N(C(=O)CC)C[C@@H](C)[C@H](OC)CN(C)C2=O. The Morgan fingerprint density at radius 3 is 2.56 bits per heavy atom. The molecule has 0 spiro atoms. The van der Waals surface area contributed by atoms with Crippen LogP contribution in [0.2, 0.25) is 0 Å². The van der Waals surface area contributed by atoms with Crippen molar-refractivity contribution in [3.63, 3.8) is 0 Å². The van der Waals surface area contributed by atoms with Crippen molar-refractivity contribution >= 4 is 23.4 Å². The second kappa shape index (κ2) is 11.9. The molecule has 1 aromatic carbocycles. The summed E-state index contributed by atoms with van der Waals surface area (Å²) in [6.45, 7) is 8.87. The molecule has 1 aliphatic rings. The summed E-state index contributed by atoms with van der Waals surface area (Å²) < 4.78 is 11.7. The van der Waals surface area contributed by atoms with Crippen molar-refractivity contribution in [3.8, 4) is 5.75 Å². The van der Waals surface area contributed by atoms with E-state index in [1.807, 2.05) is 32.6 Å². The molecule has 0 bridgehead atoms. The molecule has 1 N–H and O–H groups in total. The van der Waals surface area contributed by atoms with Gasteiger partial charge in [-0.05, 0) is 25.5 Å². The van der Waals surface area contributed by atoms with Crippen LogP contribution in [-0.2, 0) is 14.3 Å². The zero-order valence-electron chi connectivity index (χ0n) is 20.1. The topological polar surface area (TPSA) is 88.2 Å². The summed E-state index contributed by atoms with van der Waals surface area (Å²) in [6, 6.07) is 4.86. The first-order valence-electron chi connectivity index (χ1n) is 11.4. The molecular weight excluding hydrogens is 410 g/mol. The van der Waals surface area contributed by atoms with Crippen LogP contribution in [0.1, 0.15) is 57.3 Å². The van der Waals surface area contributed by atoms with Gasteiger partial charge in [0.1, 0.15) is 12.4 Å². The Balaban J connectivity index is 2.42.